The molecule has 0 radical (unpaired) electrons. The average molecular weight is 760 g/mol. The zero-order chi connectivity index (χ0) is 38.8. The quantitative estimate of drug-likeness (QED) is 0.257. The van der Waals surface area contributed by atoms with Crippen molar-refractivity contribution < 1.29 is 33.5 Å². The van der Waals surface area contributed by atoms with Crippen LogP contribution in [0.1, 0.15) is 55.2 Å². The maximum atomic E-state index is 14.3. The van der Waals surface area contributed by atoms with Gasteiger partial charge >= 0.3 is 17.9 Å². The highest BCUT2D eigenvalue weighted by atomic mass is 16.6. The summed E-state index contributed by atoms with van der Waals surface area (Å²) < 4.78 is 13.0. The van der Waals surface area contributed by atoms with E-state index in [1.54, 1.807) is 18.0 Å². The summed E-state index contributed by atoms with van der Waals surface area (Å²) in [5.41, 5.74) is 4.58. The Bertz CT molecular complexity index is 1950. The first-order chi connectivity index (χ1) is 26.4. The van der Waals surface area contributed by atoms with Crippen LogP contribution in [-0.4, -0.2) is 130 Å². The number of likely N-dealkylation sites (tertiary alicyclic amines) is 3. The van der Waals surface area contributed by atoms with E-state index in [-0.39, 0.29) is 36.9 Å². The van der Waals surface area contributed by atoms with Crippen LogP contribution in [0.5, 0.6) is 0 Å². The number of ether oxygens (including phenoxy) is 1. The molecule has 2 aromatic carbocycles. The minimum Gasteiger partial charge on any atom is -0.436 e. The number of rotatable bonds is 8. The first-order valence-corrected chi connectivity index (χ1v) is 19.6. The van der Waals surface area contributed by atoms with E-state index in [4.69, 9.17) is 9.15 Å². The predicted molar refractivity (Wildman–Crippen MR) is 204 cm³/mol. The third-order valence-corrected chi connectivity index (χ3v) is 12.2. The van der Waals surface area contributed by atoms with Crippen molar-refractivity contribution in [2.45, 2.75) is 70.4 Å². The number of hydroxylamine groups is 2. The van der Waals surface area contributed by atoms with Gasteiger partial charge in [-0.3, -0.25) is 24.3 Å². The number of likely N-dealkylation sites (N-methyl/N-ethyl adjacent to an activating group) is 1. The van der Waals surface area contributed by atoms with Gasteiger partial charge in [-0.25, -0.2) is 19.4 Å². The van der Waals surface area contributed by atoms with Gasteiger partial charge in [0.15, 0.2) is 11.7 Å². The number of carbonyl (C=O) groups is 4. The maximum absolute atomic E-state index is 14.3. The van der Waals surface area contributed by atoms with Crippen molar-refractivity contribution in [2.24, 2.45) is 18.9 Å². The zero-order valence-electron chi connectivity index (χ0n) is 32.1. The monoisotopic (exact) mass is 759 g/mol. The Kier molecular flexibility index (Phi) is 11.5. The van der Waals surface area contributed by atoms with Crippen LogP contribution in [0.15, 0.2) is 45.6 Å². The van der Waals surface area contributed by atoms with Crippen molar-refractivity contribution in [3.8, 4) is 0 Å². The standard InChI is InChI=1S/C40H53N7O8/c1-26-22-27(23-33-36(26)42(2)39(51)54-33)24-34(37(49)45-17-10-29(11-18-45)28-8-15-44(16-9-28)25-35(48)43(3)53)55-40(52)46-19-13-31(14-20-46)47-21-12-30-6-4-5-7-32(30)41-38(47)50/h4-7,22-23,28-29,31,34,53H,8-21,24-25H2,1-3H3,(H,41,50)/t34-/m1/s1. The number of hydrogen-bond donors (Lipinski definition) is 2. The van der Waals surface area contributed by atoms with Gasteiger partial charge in [0.25, 0.3) is 11.8 Å². The van der Waals surface area contributed by atoms with Gasteiger partial charge in [0.1, 0.15) is 0 Å². The molecule has 1 atom stereocenters. The van der Waals surface area contributed by atoms with Crippen molar-refractivity contribution in [3.63, 3.8) is 0 Å². The molecule has 296 valence electrons. The topological polar surface area (TPSA) is 161 Å². The van der Waals surface area contributed by atoms with Crippen LogP contribution in [0.2, 0.25) is 0 Å². The van der Waals surface area contributed by atoms with Gasteiger partial charge in [-0.05, 0) is 106 Å². The fraction of sp³-hybridized carbons (Fsp3) is 0.575. The number of urea groups is 1. The van der Waals surface area contributed by atoms with Gasteiger partial charge in [0, 0.05) is 65.0 Å². The number of piperidine rings is 3. The van der Waals surface area contributed by atoms with Crippen molar-refractivity contribution >= 4 is 40.7 Å². The lowest BCUT2D eigenvalue weighted by molar-refractivity contribution is -0.160. The number of hydrogen-bond acceptors (Lipinski definition) is 9. The van der Waals surface area contributed by atoms with Gasteiger partial charge < -0.3 is 29.2 Å². The molecule has 0 aliphatic carbocycles. The van der Waals surface area contributed by atoms with Crippen LogP contribution in [0, 0.1) is 18.8 Å². The number of nitrogens with zero attached hydrogens (tertiary/aromatic N) is 6. The van der Waals surface area contributed by atoms with Gasteiger partial charge in [-0.1, -0.05) is 24.3 Å². The highest BCUT2D eigenvalue weighted by Crippen LogP contribution is 2.33. The summed E-state index contributed by atoms with van der Waals surface area (Å²) in [6.45, 7) is 6.20. The number of amides is 5. The first kappa shape index (κ1) is 38.4. The smallest absolute Gasteiger partial charge is 0.419 e. The Labute approximate surface area is 320 Å². The number of carbonyl (C=O) groups excluding carboxylic acids is 4. The Morgan fingerprint density at radius 3 is 2.27 bits per heavy atom. The SMILES string of the molecule is Cc1cc(C[C@@H](OC(=O)N2CCC(N3CCc4ccccc4NC3=O)CC2)C(=O)N2CCC(C3CCN(CC(=O)N(C)O)CC3)CC2)cc2oc(=O)n(C)c12. The molecule has 1 aromatic heterocycles. The Morgan fingerprint density at radius 2 is 1.58 bits per heavy atom. The summed E-state index contributed by atoms with van der Waals surface area (Å²) in [6, 6.07) is 11.3. The molecule has 2 N–H and O–H groups in total. The molecule has 0 unspecified atom stereocenters. The van der Waals surface area contributed by atoms with Crippen molar-refractivity contribution in [2.75, 3.05) is 64.7 Å². The van der Waals surface area contributed by atoms with E-state index in [9.17, 15) is 29.2 Å². The summed E-state index contributed by atoms with van der Waals surface area (Å²) in [7, 11) is 3.00. The highest BCUT2D eigenvalue weighted by molar-refractivity contribution is 5.91. The fourth-order valence-corrected chi connectivity index (χ4v) is 9.06. The lowest BCUT2D eigenvalue weighted by Crippen LogP contribution is -2.52. The number of benzene rings is 2. The van der Waals surface area contributed by atoms with Crippen LogP contribution in [-0.2, 0) is 34.2 Å². The minimum atomic E-state index is -1.07. The van der Waals surface area contributed by atoms with Crippen LogP contribution in [0.3, 0.4) is 0 Å². The molecular formula is C40H53N7O8. The molecule has 0 bridgehead atoms. The van der Waals surface area contributed by atoms with Crippen molar-refractivity contribution in [1.82, 2.24) is 29.2 Å². The van der Waals surface area contributed by atoms with Gasteiger partial charge in [-0.2, -0.15) is 0 Å². The predicted octanol–water partition coefficient (Wildman–Crippen LogP) is 3.84. The largest absolute Gasteiger partial charge is 0.436 e. The summed E-state index contributed by atoms with van der Waals surface area (Å²) >= 11 is 0. The fourth-order valence-electron chi connectivity index (χ4n) is 9.06. The Hall–Kier alpha value is -4.89. The van der Waals surface area contributed by atoms with Crippen LogP contribution in [0.4, 0.5) is 15.3 Å². The summed E-state index contributed by atoms with van der Waals surface area (Å²) in [5.74, 6) is -0.0769. The van der Waals surface area contributed by atoms with Crippen molar-refractivity contribution in [3.05, 3.63) is 63.6 Å². The second-order valence-electron chi connectivity index (χ2n) is 15.7. The molecule has 15 nitrogen and oxygen atoms in total. The minimum absolute atomic E-state index is 0.0238. The first-order valence-electron chi connectivity index (χ1n) is 19.6. The molecule has 3 saturated heterocycles. The number of aryl methyl sites for hydroxylation is 2. The summed E-state index contributed by atoms with van der Waals surface area (Å²) in [4.78, 5) is 72.9. The van der Waals surface area contributed by atoms with E-state index in [1.165, 1.54) is 11.6 Å². The number of fused-ring (bicyclic) bond motifs is 2. The molecule has 0 saturated carbocycles. The molecule has 4 aliphatic heterocycles. The molecule has 5 heterocycles. The Morgan fingerprint density at radius 1 is 0.927 bits per heavy atom. The van der Waals surface area contributed by atoms with Crippen molar-refractivity contribution in [1.29, 1.82) is 0 Å². The second-order valence-corrected chi connectivity index (χ2v) is 15.7. The lowest BCUT2D eigenvalue weighted by Gasteiger charge is -2.41. The van der Waals surface area contributed by atoms with E-state index in [2.05, 4.69) is 10.2 Å². The van der Waals surface area contributed by atoms with Gasteiger partial charge in [0.05, 0.1) is 12.1 Å². The van der Waals surface area contributed by atoms with E-state index in [0.29, 0.717) is 73.6 Å². The molecule has 55 heavy (non-hydrogen) atoms. The lowest BCUT2D eigenvalue weighted by atomic mass is 9.78. The van der Waals surface area contributed by atoms with E-state index in [1.807, 2.05) is 47.1 Å². The molecule has 4 aliphatic rings. The van der Waals surface area contributed by atoms with E-state index < -0.39 is 18.0 Å². The molecular weight excluding hydrogens is 706 g/mol. The van der Waals surface area contributed by atoms with Crippen LogP contribution < -0.4 is 11.1 Å². The molecule has 7 rings (SSSR count). The van der Waals surface area contributed by atoms with E-state index >= 15 is 0 Å². The number of oxazole rings is 1. The molecule has 3 aromatic rings. The summed E-state index contributed by atoms with van der Waals surface area (Å²) in [6.07, 6.45) is 4.07. The van der Waals surface area contributed by atoms with Gasteiger partial charge in [0.2, 0.25) is 0 Å². The Balaban J connectivity index is 0.988. The van der Waals surface area contributed by atoms with E-state index in [0.717, 1.165) is 67.6 Å². The highest BCUT2D eigenvalue weighted by Gasteiger charge is 2.37. The van der Waals surface area contributed by atoms with Crippen LogP contribution >= 0.6 is 0 Å². The maximum Gasteiger partial charge on any atom is 0.419 e. The molecule has 5 amide bonds. The number of aromatic nitrogens is 1. The molecule has 15 heteroatoms. The number of nitrogens with one attached hydrogen (secondary N) is 1. The zero-order valence-corrected chi connectivity index (χ0v) is 32.1. The summed E-state index contributed by atoms with van der Waals surface area (Å²) in [5, 5.41) is 13.1. The molecule has 0 spiro atoms. The molecule has 3 fully saturated rings. The normalized spacial score (nSPS) is 19.9. The van der Waals surface area contributed by atoms with Crippen LogP contribution in [0.25, 0.3) is 11.1 Å². The van der Waals surface area contributed by atoms with Gasteiger partial charge in [-0.15, -0.1) is 0 Å². The third-order valence-electron chi connectivity index (χ3n) is 12.2. The second kappa shape index (κ2) is 16.5. The number of para-hydroxylation sites is 1. The number of anilines is 1. The third kappa shape index (κ3) is 8.52. The average Bonchev–Trinajstić information content (AvgIpc) is 3.36.